The van der Waals surface area contributed by atoms with Crippen LogP contribution < -0.4 is 5.56 Å². The van der Waals surface area contributed by atoms with Crippen LogP contribution in [-0.2, 0) is 12.8 Å². The standard InChI is InChI=1S/C19H18ClN5O/c1-12-15(3-2-4-17-21-9-10-22-17)18-16(11-23-12)19(26)25(24-18)14-7-5-13(20)6-8-14/h5-11,24H,2-4H2,1H3,(H,21,22). The second-order valence-corrected chi connectivity index (χ2v) is 6.67. The van der Waals surface area contributed by atoms with Crippen molar-refractivity contribution in [1.29, 1.82) is 0 Å². The van der Waals surface area contributed by atoms with Gasteiger partial charge >= 0.3 is 0 Å². The average molecular weight is 368 g/mol. The van der Waals surface area contributed by atoms with Gasteiger partial charge < -0.3 is 4.98 Å². The van der Waals surface area contributed by atoms with Gasteiger partial charge in [0.2, 0.25) is 0 Å². The van der Waals surface area contributed by atoms with Crippen molar-refractivity contribution in [2.24, 2.45) is 0 Å². The summed E-state index contributed by atoms with van der Waals surface area (Å²) in [6.07, 6.45) is 7.82. The number of aromatic amines is 2. The number of rotatable bonds is 5. The van der Waals surface area contributed by atoms with Crippen LogP contribution in [0.25, 0.3) is 16.6 Å². The highest BCUT2D eigenvalue weighted by atomic mass is 35.5. The Bertz CT molecular complexity index is 1090. The van der Waals surface area contributed by atoms with Gasteiger partial charge in [0.15, 0.2) is 0 Å². The van der Waals surface area contributed by atoms with Gasteiger partial charge in [0.25, 0.3) is 5.56 Å². The number of nitrogens with one attached hydrogen (secondary N) is 2. The number of imidazole rings is 1. The lowest BCUT2D eigenvalue weighted by Gasteiger charge is -2.06. The fourth-order valence-electron chi connectivity index (χ4n) is 3.17. The van der Waals surface area contributed by atoms with E-state index in [0.29, 0.717) is 10.4 Å². The molecule has 2 N–H and O–H groups in total. The first-order chi connectivity index (χ1) is 12.6. The van der Waals surface area contributed by atoms with Crippen molar-refractivity contribution in [3.63, 3.8) is 0 Å². The summed E-state index contributed by atoms with van der Waals surface area (Å²) < 4.78 is 1.54. The Morgan fingerprint density at radius 2 is 1.96 bits per heavy atom. The van der Waals surface area contributed by atoms with E-state index >= 15 is 0 Å². The third-order valence-electron chi connectivity index (χ3n) is 4.53. The van der Waals surface area contributed by atoms with Crippen LogP contribution >= 0.6 is 11.6 Å². The van der Waals surface area contributed by atoms with Crippen LogP contribution in [0.15, 0.2) is 47.7 Å². The average Bonchev–Trinajstić information content (AvgIpc) is 3.26. The summed E-state index contributed by atoms with van der Waals surface area (Å²) in [4.78, 5) is 24.6. The molecule has 0 aliphatic heterocycles. The SMILES string of the molecule is Cc1ncc2c(=O)n(-c3ccc(Cl)cc3)[nH]c2c1CCCc1ncc[nH]1. The van der Waals surface area contributed by atoms with Crippen LogP contribution in [0.5, 0.6) is 0 Å². The van der Waals surface area contributed by atoms with Gasteiger partial charge in [-0.25, -0.2) is 9.67 Å². The molecular formula is C19H18ClN5O. The number of fused-ring (bicyclic) bond motifs is 1. The third-order valence-corrected chi connectivity index (χ3v) is 4.78. The van der Waals surface area contributed by atoms with Gasteiger partial charge in [-0.05, 0) is 49.6 Å². The van der Waals surface area contributed by atoms with Crippen molar-refractivity contribution in [3.05, 3.63) is 75.3 Å². The van der Waals surface area contributed by atoms with Crippen molar-refractivity contribution in [1.82, 2.24) is 24.7 Å². The van der Waals surface area contributed by atoms with E-state index in [2.05, 4.69) is 20.1 Å². The molecule has 3 aromatic heterocycles. The van der Waals surface area contributed by atoms with Crippen molar-refractivity contribution >= 4 is 22.5 Å². The maximum atomic E-state index is 12.8. The molecule has 0 saturated carbocycles. The minimum Gasteiger partial charge on any atom is -0.349 e. The van der Waals surface area contributed by atoms with Gasteiger partial charge in [0.05, 0.1) is 16.6 Å². The van der Waals surface area contributed by atoms with Crippen LogP contribution in [-0.4, -0.2) is 24.7 Å². The van der Waals surface area contributed by atoms with Crippen LogP contribution in [0, 0.1) is 6.92 Å². The molecule has 0 atom stereocenters. The highest BCUT2D eigenvalue weighted by molar-refractivity contribution is 6.30. The quantitative estimate of drug-likeness (QED) is 0.566. The maximum Gasteiger partial charge on any atom is 0.280 e. The summed E-state index contributed by atoms with van der Waals surface area (Å²) in [6, 6.07) is 7.16. The van der Waals surface area contributed by atoms with Crippen LogP contribution in [0.1, 0.15) is 23.5 Å². The number of aromatic nitrogens is 5. The summed E-state index contributed by atoms with van der Waals surface area (Å²) in [5.74, 6) is 0.968. The van der Waals surface area contributed by atoms with Crippen molar-refractivity contribution in [2.45, 2.75) is 26.2 Å². The number of H-pyrrole nitrogens is 2. The molecule has 1 aromatic carbocycles. The molecule has 0 unspecified atom stereocenters. The first-order valence-corrected chi connectivity index (χ1v) is 8.84. The molecule has 0 radical (unpaired) electrons. The maximum absolute atomic E-state index is 12.8. The molecule has 0 spiro atoms. The van der Waals surface area contributed by atoms with E-state index in [1.807, 2.05) is 25.3 Å². The number of aryl methyl sites for hydroxylation is 3. The smallest absolute Gasteiger partial charge is 0.280 e. The zero-order valence-electron chi connectivity index (χ0n) is 14.3. The van der Waals surface area contributed by atoms with Gasteiger partial charge in [0.1, 0.15) is 5.82 Å². The van der Waals surface area contributed by atoms with Crippen molar-refractivity contribution in [2.75, 3.05) is 0 Å². The van der Waals surface area contributed by atoms with Gasteiger partial charge in [-0.15, -0.1) is 0 Å². The number of nitrogens with zero attached hydrogens (tertiary/aromatic N) is 3. The highest BCUT2D eigenvalue weighted by Gasteiger charge is 2.14. The van der Waals surface area contributed by atoms with E-state index < -0.39 is 0 Å². The minimum atomic E-state index is -0.109. The fraction of sp³-hybridized carbons (Fsp3) is 0.211. The Hall–Kier alpha value is -2.86. The fourth-order valence-corrected chi connectivity index (χ4v) is 3.29. The Balaban J connectivity index is 1.71. The molecule has 0 bridgehead atoms. The Labute approximate surface area is 154 Å². The Kier molecular flexibility index (Phi) is 4.34. The number of pyridine rings is 1. The van der Waals surface area contributed by atoms with Gasteiger partial charge in [-0.1, -0.05) is 11.6 Å². The molecule has 26 heavy (non-hydrogen) atoms. The predicted molar refractivity (Wildman–Crippen MR) is 102 cm³/mol. The molecule has 6 nitrogen and oxygen atoms in total. The summed E-state index contributed by atoms with van der Waals surface area (Å²) in [7, 11) is 0. The van der Waals surface area contributed by atoms with Gasteiger partial charge in [0, 0.05) is 35.7 Å². The van der Waals surface area contributed by atoms with Gasteiger partial charge in [-0.2, -0.15) is 0 Å². The Morgan fingerprint density at radius 3 is 2.69 bits per heavy atom. The van der Waals surface area contributed by atoms with E-state index in [1.165, 1.54) is 4.68 Å². The molecule has 0 aliphatic rings. The van der Waals surface area contributed by atoms with E-state index in [4.69, 9.17) is 11.6 Å². The molecular weight excluding hydrogens is 350 g/mol. The molecule has 0 amide bonds. The molecule has 0 fully saturated rings. The summed E-state index contributed by atoms with van der Waals surface area (Å²) in [5.41, 5.74) is 3.48. The zero-order chi connectivity index (χ0) is 18.1. The van der Waals surface area contributed by atoms with Crippen LogP contribution in [0.2, 0.25) is 5.02 Å². The number of halogens is 1. The molecule has 0 aliphatic carbocycles. The number of hydrogen-bond acceptors (Lipinski definition) is 3. The lowest BCUT2D eigenvalue weighted by molar-refractivity contribution is 0.776. The number of benzene rings is 1. The first kappa shape index (κ1) is 16.6. The lowest BCUT2D eigenvalue weighted by atomic mass is 10.0. The molecule has 0 saturated heterocycles. The van der Waals surface area contributed by atoms with Crippen LogP contribution in [0.3, 0.4) is 0 Å². The third kappa shape index (κ3) is 3.04. The highest BCUT2D eigenvalue weighted by Crippen LogP contribution is 2.20. The first-order valence-electron chi connectivity index (χ1n) is 8.47. The lowest BCUT2D eigenvalue weighted by Crippen LogP contribution is -2.14. The topological polar surface area (TPSA) is 79.4 Å². The molecule has 4 rings (SSSR count). The summed E-state index contributed by atoms with van der Waals surface area (Å²) in [6.45, 7) is 1.97. The van der Waals surface area contributed by atoms with Gasteiger partial charge in [-0.3, -0.25) is 14.9 Å². The van der Waals surface area contributed by atoms with E-state index in [0.717, 1.165) is 47.5 Å². The molecule has 3 heterocycles. The summed E-state index contributed by atoms with van der Waals surface area (Å²) >= 11 is 5.95. The second kappa shape index (κ2) is 6.80. The van der Waals surface area contributed by atoms with Crippen LogP contribution in [0.4, 0.5) is 0 Å². The van der Waals surface area contributed by atoms with E-state index in [9.17, 15) is 4.79 Å². The molecule has 7 heteroatoms. The van der Waals surface area contributed by atoms with Crippen molar-refractivity contribution < 1.29 is 0 Å². The summed E-state index contributed by atoms with van der Waals surface area (Å²) in [5, 5.41) is 4.48. The molecule has 4 aromatic rings. The second-order valence-electron chi connectivity index (χ2n) is 6.23. The predicted octanol–water partition coefficient (Wildman–Crippen LogP) is 3.57. The largest absolute Gasteiger partial charge is 0.349 e. The molecule has 132 valence electrons. The van der Waals surface area contributed by atoms with E-state index in [1.54, 1.807) is 24.5 Å². The Morgan fingerprint density at radius 1 is 1.15 bits per heavy atom. The zero-order valence-corrected chi connectivity index (χ0v) is 15.0. The number of hydrogen-bond donors (Lipinski definition) is 2. The van der Waals surface area contributed by atoms with Crippen molar-refractivity contribution in [3.8, 4) is 5.69 Å². The minimum absolute atomic E-state index is 0.109. The van der Waals surface area contributed by atoms with E-state index in [-0.39, 0.29) is 5.56 Å². The normalized spacial score (nSPS) is 11.3. The monoisotopic (exact) mass is 367 g/mol.